The summed E-state index contributed by atoms with van der Waals surface area (Å²) in [6.45, 7) is 7.46. The maximum absolute atomic E-state index is 12.7. The summed E-state index contributed by atoms with van der Waals surface area (Å²) in [7, 11) is -3.47. The highest BCUT2D eigenvalue weighted by molar-refractivity contribution is 9.11. The number of aliphatic hydroxyl groups excluding tert-OH is 1. The normalized spacial score (nSPS) is 21.6. The number of rotatable bonds is 3. The minimum absolute atomic E-state index is 0.117. The molecule has 1 saturated heterocycles. The minimum Gasteiger partial charge on any atom is -0.391 e. The van der Waals surface area contributed by atoms with Gasteiger partial charge >= 0.3 is 0 Å². The van der Waals surface area contributed by atoms with Crippen molar-refractivity contribution in [2.75, 3.05) is 13.1 Å². The second-order valence-corrected chi connectivity index (χ2v) is 10.6. The van der Waals surface area contributed by atoms with Gasteiger partial charge in [0.1, 0.15) is 4.90 Å². The lowest BCUT2D eigenvalue weighted by Crippen LogP contribution is -2.31. The zero-order chi connectivity index (χ0) is 15.1. The quantitative estimate of drug-likeness (QED) is 0.874. The summed E-state index contributed by atoms with van der Waals surface area (Å²) in [5, 5.41) is 9.14. The summed E-state index contributed by atoms with van der Waals surface area (Å²) in [5.41, 5.74) is 0.117. The van der Waals surface area contributed by atoms with E-state index in [4.69, 9.17) is 5.11 Å². The standard InChI is InChI=1S/C13H20BrNO3S2/c1-13(2,3)9-4-5-15(7-9)20(17,18)11-6-10(8-16)19-12(11)14/h6,9,16H,4-5,7-8H2,1-3H3. The van der Waals surface area contributed by atoms with Crippen molar-refractivity contribution in [1.82, 2.24) is 4.31 Å². The fourth-order valence-corrected chi connectivity index (χ4v) is 6.44. The Kier molecular flexibility index (Phi) is 4.67. The molecule has 1 fully saturated rings. The molecule has 0 spiro atoms. The maximum Gasteiger partial charge on any atom is 0.245 e. The van der Waals surface area contributed by atoms with Crippen molar-refractivity contribution in [2.24, 2.45) is 11.3 Å². The molecule has 1 N–H and O–H groups in total. The van der Waals surface area contributed by atoms with Gasteiger partial charge in [0.25, 0.3) is 0 Å². The van der Waals surface area contributed by atoms with Gasteiger partial charge in [0.15, 0.2) is 0 Å². The largest absolute Gasteiger partial charge is 0.391 e. The third-order valence-corrected chi connectivity index (χ3v) is 7.96. The molecule has 0 radical (unpaired) electrons. The molecule has 0 amide bonds. The van der Waals surface area contributed by atoms with Crippen molar-refractivity contribution < 1.29 is 13.5 Å². The van der Waals surface area contributed by atoms with Crippen LogP contribution in [0.4, 0.5) is 0 Å². The van der Waals surface area contributed by atoms with E-state index < -0.39 is 10.0 Å². The van der Waals surface area contributed by atoms with Gasteiger partial charge in [-0.2, -0.15) is 4.31 Å². The number of hydrogen-bond donors (Lipinski definition) is 1. The van der Waals surface area contributed by atoms with Gasteiger partial charge in [-0.05, 0) is 39.8 Å². The van der Waals surface area contributed by atoms with Crippen molar-refractivity contribution in [3.05, 3.63) is 14.7 Å². The van der Waals surface area contributed by atoms with Gasteiger partial charge in [-0.25, -0.2) is 8.42 Å². The molecule has 2 rings (SSSR count). The SMILES string of the molecule is CC(C)(C)C1CCN(S(=O)(=O)c2cc(CO)sc2Br)C1. The first-order valence-corrected chi connectivity index (χ1v) is 9.60. The van der Waals surface area contributed by atoms with E-state index in [0.29, 0.717) is 27.7 Å². The highest BCUT2D eigenvalue weighted by atomic mass is 79.9. The van der Waals surface area contributed by atoms with Gasteiger partial charge in [0.2, 0.25) is 10.0 Å². The number of thiophene rings is 1. The van der Waals surface area contributed by atoms with Crippen LogP contribution in [0, 0.1) is 11.3 Å². The summed E-state index contributed by atoms with van der Waals surface area (Å²) in [4.78, 5) is 0.933. The maximum atomic E-state index is 12.7. The molecule has 7 heteroatoms. The van der Waals surface area contributed by atoms with Crippen molar-refractivity contribution in [3.63, 3.8) is 0 Å². The van der Waals surface area contributed by atoms with Gasteiger partial charge < -0.3 is 5.11 Å². The Labute approximate surface area is 133 Å². The molecular formula is C13H20BrNO3S2. The van der Waals surface area contributed by atoms with Gasteiger partial charge in [-0.1, -0.05) is 20.8 Å². The third-order valence-electron chi connectivity index (χ3n) is 3.86. The predicted octanol–water partition coefficient (Wildman–Crippen LogP) is 3.06. The molecule has 2 heterocycles. The van der Waals surface area contributed by atoms with E-state index in [0.717, 1.165) is 6.42 Å². The Morgan fingerprint density at radius 3 is 2.60 bits per heavy atom. The number of aliphatic hydroxyl groups is 1. The predicted molar refractivity (Wildman–Crippen MR) is 84.3 cm³/mol. The number of sulfonamides is 1. The first-order valence-electron chi connectivity index (χ1n) is 6.55. The molecule has 114 valence electrons. The van der Waals surface area contributed by atoms with Crippen LogP contribution in [-0.4, -0.2) is 30.9 Å². The Balaban J connectivity index is 2.26. The second-order valence-electron chi connectivity index (χ2n) is 6.22. The van der Waals surface area contributed by atoms with E-state index in [-0.39, 0.29) is 16.9 Å². The molecule has 1 unspecified atom stereocenters. The van der Waals surface area contributed by atoms with Crippen molar-refractivity contribution in [3.8, 4) is 0 Å². The molecule has 1 aromatic heterocycles. The summed E-state index contributed by atoms with van der Waals surface area (Å²) >= 11 is 4.56. The number of nitrogens with zero attached hydrogens (tertiary/aromatic N) is 1. The van der Waals surface area contributed by atoms with Crippen LogP contribution in [0.3, 0.4) is 0 Å². The summed E-state index contributed by atoms with van der Waals surface area (Å²) in [6, 6.07) is 1.56. The van der Waals surface area contributed by atoms with E-state index >= 15 is 0 Å². The molecule has 1 atom stereocenters. The van der Waals surface area contributed by atoms with E-state index in [1.807, 2.05) is 0 Å². The van der Waals surface area contributed by atoms with Gasteiger partial charge in [-0.15, -0.1) is 11.3 Å². The Morgan fingerprint density at radius 2 is 2.15 bits per heavy atom. The van der Waals surface area contributed by atoms with Gasteiger partial charge in [0.05, 0.1) is 10.4 Å². The van der Waals surface area contributed by atoms with E-state index in [9.17, 15) is 8.42 Å². The summed E-state index contributed by atoms with van der Waals surface area (Å²) < 4.78 is 27.5. The lowest BCUT2D eigenvalue weighted by atomic mass is 9.80. The van der Waals surface area contributed by atoms with Crippen molar-refractivity contribution >= 4 is 37.3 Å². The topological polar surface area (TPSA) is 57.6 Å². The molecule has 0 aliphatic carbocycles. The molecule has 1 aliphatic heterocycles. The average molecular weight is 382 g/mol. The zero-order valence-corrected chi connectivity index (χ0v) is 15.1. The Hall–Kier alpha value is 0.0500. The molecular weight excluding hydrogens is 362 g/mol. The zero-order valence-electron chi connectivity index (χ0n) is 11.9. The van der Waals surface area contributed by atoms with Crippen molar-refractivity contribution in [2.45, 2.75) is 38.7 Å². The van der Waals surface area contributed by atoms with Crippen molar-refractivity contribution in [1.29, 1.82) is 0 Å². The van der Waals surface area contributed by atoms with Crippen LogP contribution in [-0.2, 0) is 16.6 Å². The van der Waals surface area contributed by atoms with Crippen LogP contribution >= 0.6 is 27.3 Å². The number of hydrogen-bond acceptors (Lipinski definition) is 4. The second kappa shape index (κ2) is 5.68. The van der Waals surface area contributed by atoms with Crippen LogP contribution < -0.4 is 0 Å². The Bertz CT molecular complexity index is 589. The van der Waals surface area contributed by atoms with E-state index in [1.54, 1.807) is 10.4 Å². The highest BCUT2D eigenvalue weighted by Crippen LogP contribution is 2.39. The fraction of sp³-hybridized carbons (Fsp3) is 0.692. The lowest BCUT2D eigenvalue weighted by molar-refractivity contribution is 0.252. The van der Waals surface area contributed by atoms with Crippen LogP contribution in [0.1, 0.15) is 32.1 Å². The van der Waals surface area contributed by atoms with Crippen LogP contribution in [0.25, 0.3) is 0 Å². The third kappa shape index (κ3) is 3.11. The first-order chi connectivity index (χ1) is 9.16. The fourth-order valence-electron chi connectivity index (χ4n) is 2.44. The highest BCUT2D eigenvalue weighted by Gasteiger charge is 2.38. The van der Waals surface area contributed by atoms with Gasteiger partial charge in [0, 0.05) is 18.0 Å². The summed E-state index contributed by atoms with van der Waals surface area (Å²) in [6.07, 6.45) is 0.900. The molecule has 0 saturated carbocycles. The first kappa shape index (κ1) is 16.4. The van der Waals surface area contributed by atoms with Gasteiger partial charge in [-0.3, -0.25) is 0 Å². The Morgan fingerprint density at radius 1 is 1.50 bits per heavy atom. The number of halogens is 1. The van der Waals surface area contributed by atoms with Crippen LogP contribution in [0.5, 0.6) is 0 Å². The lowest BCUT2D eigenvalue weighted by Gasteiger charge is -2.26. The summed E-state index contributed by atoms with van der Waals surface area (Å²) in [5.74, 6) is 0.381. The minimum atomic E-state index is -3.47. The average Bonchev–Trinajstić information content (AvgIpc) is 2.94. The molecule has 1 aromatic rings. The van der Waals surface area contributed by atoms with E-state index in [1.165, 1.54) is 11.3 Å². The molecule has 20 heavy (non-hydrogen) atoms. The molecule has 0 aromatic carbocycles. The molecule has 0 bridgehead atoms. The van der Waals surface area contributed by atoms with Crippen LogP contribution in [0.15, 0.2) is 14.7 Å². The van der Waals surface area contributed by atoms with Crippen LogP contribution in [0.2, 0.25) is 0 Å². The molecule has 1 aliphatic rings. The van der Waals surface area contributed by atoms with E-state index in [2.05, 4.69) is 36.7 Å². The molecule has 4 nitrogen and oxygen atoms in total. The smallest absolute Gasteiger partial charge is 0.245 e. The monoisotopic (exact) mass is 381 g/mol.